The van der Waals surface area contributed by atoms with E-state index in [4.69, 9.17) is 0 Å². The first kappa shape index (κ1) is 16.9. The van der Waals surface area contributed by atoms with Gasteiger partial charge in [0.2, 0.25) is 0 Å². The molecular formula is C17H32N2O2. The zero-order valence-electron chi connectivity index (χ0n) is 13.8. The lowest BCUT2D eigenvalue weighted by Gasteiger charge is -2.40. The summed E-state index contributed by atoms with van der Waals surface area (Å²) >= 11 is 0. The number of carbonyl (C=O) groups is 1. The van der Waals surface area contributed by atoms with Gasteiger partial charge in [0, 0.05) is 44.7 Å². The van der Waals surface area contributed by atoms with Gasteiger partial charge < -0.3 is 9.90 Å². The monoisotopic (exact) mass is 296 g/mol. The molecule has 0 bridgehead atoms. The molecule has 1 aliphatic heterocycles. The molecule has 122 valence electrons. The molecule has 0 aromatic heterocycles. The van der Waals surface area contributed by atoms with Crippen LogP contribution in [0.5, 0.6) is 0 Å². The lowest BCUT2D eigenvalue weighted by atomic mass is 9.81. The van der Waals surface area contributed by atoms with Crippen LogP contribution in [0.1, 0.15) is 52.4 Å². The average molecular weight is 296 g/mol. The van der Waals surface area contributed by atoms with E-state index in [1.54, 1.807) is 0 Å². The molecular weight excluding hydrogens is 264 g/mol. The summed E-state index contributed by atoms with van der Waals surface area (Å²) in [6, 6.07) is 0. The summed E-state index contributed by atoms with van der Waals surface area (Å²) in [7, 11) is 0. The van der Waals surface area contributed by atoms with E-state index in [9.17, 15) is 9.90 Å². The Hall–Kier alpha value is -0.450. The molecule has 1 saturated carbocycles. The molecule has 2 rings (SSSR count). The SMILES string of the molecule is CC(C)(O)CN1CCN(CC2(C=O)CCCCCC2)CC1. The number of piperazine rings is 1. The summed E-state index contributed by atoms with van der Waals surface area (Å²) in [5.74, 6) is 0. The Morgan fingerprint density at radius 2 is 1.52 bits per heavy atom. The fourth-order valence-electron chi connectivity index (χ4n) is 3.84. The molecule has 4 heteroatoms. The summed E-state index contributed by atoms with van der Waals surface area (Å²) in [6.45, 7) is 9.44. The standard InChI is InChI=1S/C17H32N2O2/c1-16(2,21)13-18-9-11-19(12-10-18)14-17(15-20)7-5-3-4-6-8-17/h15,21H,3-14H2,1-2H3. The third-order valence-electron chi connectivity index (χ3n) is 4.96. The van der Waals surface area contributed by atoms with Crippen LogP contribution in [0.25, 0.3) is 0 Å². The number of aliphatic hydroxyl groups is 1. The Balaban J connectivity index is 1.83. The van der Waals surface area contributed by atoms with Gasteiger partial charge >= 0.3 is 0 Å². The first-order chi connectivity index (χ1) is 9.92. The minimum Gasteiger partial charge on any atom is -0.389 e. The van der Waals surface area contributed by atoms with E-state index in [1.807, 2.05) is 13.8 Å². The predicted octanol–water partition coefficient (Wildman–Crippen LogP) is 1.91. The summed E-state index contributed by atoms with van der Waals surface area (Å²) < 4.78 is 0. The quantitative estimate of drug-likeness (QED) is 0.622. The van der Waals surface area contributed by atoms with Crippen LogP contribution in [-0.4, -0.2) is 66.1 Å². The van der Waals surface area contributed by atoms with Gasteiger partial charge in [-0.05, 0) is 26.7 Å². The van der Waals surface area contributed by atoms with Crippen molar-refractivity contribution in [2.45, 2.75) is 58.0 Å². The van der Waals surface area contributed by atoms with Crippen LogP contribution in [0.15, 0.2) is 0 Å². The molecule has 0 unspecified atom stereocenters. The van der Waals surface area contributed by atoms with Crippen molar-refractivity contribution in [2.75, 3.05) is 39.3 Å². The van der Waals surface area contributed by atoms with Crippen molar-refractivity contribution in [3.63, 3.8) is 0 Å². The van der Waals surface area contributed by atoms with E-state index in [2.05, 4.69) is 9.80 Å². The van der Waals surface area contributed by atoms with Crippen molar-refractivity contribution in [3.05, 3.63) is 0 Å². The predicted molar refractivity (Wildman–Crippen MR) is 85.4 cm³/mol. The second-order valence-corrected chi connectivity index (χ2v) is 7.76. The van der Waals surface area contributed by atoms with Crippen LogP contribution in [0.2, 0.25) is 0 Å². The number of β-amino-alcohol motifs (C(OH)–C–C–N with tert-alkyl or cyclic N) is 1. The maximum Gasteiger partial charge on any atom is 0.127 e. The largest absolute Gasteiger partial charge is 0.389 e. The molecule has 1 heterocycles. The fraction of sp³-hybridized carbons (Fsp3) is 0.941. The van der Waals surface area contributed by atoms with Crippen molar-refractivity contribution >= 4 is 6.29 Å². The molecule has 0 amide bonds. The lowest BCUT2D eigenvalue weighted by Crippen LogP contribution is -2.52. The maximum atomic E-state index is 11.7. The number of hydrogen-bond donors (Lipinski definition) is 1. The zero-order chi connectivity index (χ0) is 15.3. The molecule has 4 nitrogen and oxygen atoms in total. The third kappa shape index (κ3) is 5.35. The smallest absolute Gasteiger partial charge is 0.127 e. The molecule has 21 heavy (non-hydrogen) atoms. The van der Waals surface area contributed by atoms with Crippen LogP contribution in [0.4, 0.5) is 0 Å². The Kier molecular flexibility index (Phi) is 5.81. The molecule has 1 N–H and O–H groups in total. The van der Waals surface area contributed by atoms with Gasteiger partial charge in [0.05, 0.1) is 5.60 Å². The molecule has 1 saturated heterocycles. The number of aldehydes is 1. The number of hydrogen-bond acceptors (Lipinski definition) is 4. The van der Waals surface area contributed by atoms with Crippen molar-refractivity contribution in [1.29, 1.82) is 0 Å². The Bertz CT molecular complexity index is 322. The van der Waals surface area contributed by atoms with Gasteiger partial charge in [-0.3, -0.25) is 9.80 Å². The highest BCUT2D eigenvalue weighted by atomic mass is 16.3. The lowest BCUT2D eigenvalue weighted by molar-refractivity contribution is -0.118. The van der Waals surface area contributed by atoms with E-state index in [0.717, 1.165) is 52.1 Å². The molecule has 0 aromatic rings. The van der Waals surface area contributed by atoms with Gasteiger partial charge in [-0.25, -0.2) is 0 Å². The summed E-state index contributed by atoms with van der Waals surface area (Å²) in [4.78, 5) is 16.5. The maximum absolute atomic E-state index is 11.7. The van der Waals surface area contributed by atoms with E-state index in [-0.39, 0.29) is 5.41 Å². The molecule has 0 spiro atoms. The van der Waals surface area contributed by atoms with E-state index in [1.165, 1.54) is 32.0 Å². The van der Waals surface area contributed by atoms with Crippen LogP contribution >= 0.6 is 0 Å². The van der Waals surface area contributed by atoms with Gasteiger partial charge in [0.15, 0.2) is 0 Å². The minimum atomic E-state index is -0.618. The Morgan fingerprint density at radius 3 is 2.00 bits per heavy atom. The minimum absolute atomic E-state index is 0.0884. The van der Waals surface area contributed by atoms with Gasteiger partial charge in [0.1, 0.15) is 6.29 Å². The number of carbonyl (C=O) groups excluding carboxylic acids is 1. The fourth-order valence-corrected chi connectivity index (χ4v) is 3.84. The molecule has 2 fully saturated rings. The van der Waals surface area contributed by atoms with Crippen LogP contribution in [0, 0.1) is 5.41 Å². The van der Waals surface area contributed by atoms with Crippen LogP contribution < -0.4 is 0 Å². The van der Waals surface area contributed by atoms with Gasteiger partial charge in [-0.2, -0.15) is 0 Å². The van der Waals surface area contributed by atoms with Gasteiger partial charge in [-0.1, -0.05) is 25.7 Å². The Labute approximate surface area is 129 Å². The highest BCUT2D eigenvalue weighted by Crippen LogP contribution is 2.34. The average Bonchev–Trinajstić information content (AvgIpc) is 2.66. The van der Waals surface area contributed by atoms with Crippen LogP contribution in [0.3, 0.4) is 0 Å². The third-order valence-corrected chi connectivity index (χ3v) is 4.96. The van der Waals surface area contributed by atoms with Gasteiger partial charge in [0.25, 0.3) is 0 Å². The van der Waals surface area contributed by atoms with E-state index in [0.29, 0.717) is 0 Å². The van der Waals surface area contributed by atoms with E-state index < -0.39 is 5.60 Å². The van der Waals surface area contributed by atoms with E-state index >= 15 is 0 Å². The topological polar surface area (TPSA) is 43.8 Å². The summed E-state index contributed by atoms with van der Waals surface area (Å²) in [5, 5.41) is 9.91. The van der Waals surface area contributed by atoms with Crippen molar-refractivity contribution in [1.82, 2.24) is 9.80 Å². The molecule has 0 radical (unpaired) electrons. The molecule has 2 aliphatic rings. The second-order valence-electron chi connectivity index (χ2n) is 7.76. The summed E-state index contributed by atoms with van der Waals surface area (Å²) in [5.41, 5.74) is -0.706. The van der Waals surface area contributed by atoms with Crippen molar-refractivity contribution in [2.24, 2.45) is 5.41 Å². The molecule has 0 aromatic carbocycles. The highest BCUT2D eigenvalue weighted by Gasteiger charge is 2.34. The molecule has 0 atom stereocenters. The Morgan fingerprint density at radius 1 is 1.00 bits per heavy atom. The normalized spacial score (nSPS) is 25.5. The second kappa shape index (κ2) is 7.21. The highest BCUT2D eigenvalue weighted by molar-refractivity contribution is 5.59. The van der Waals surface area contributed by atoms with Crippen LogP contribution in [-0.2, 0) is 4.79 Å². The number of nitrogens with zero attached hydrogens (tertiary/aromatic N) is 2. The van der Waals surface area contributed by atoms with Gasteiger partial charge in [-0.15, -0.1) is 0 Å². The summed E-state index contributed by atoms with van der Waals surface area (Å²) in [6.07, 6.45) is 8.38. The molecule has 1 aliphatic carbocycles. The number of rotatable bonds is 5. The first-order valence-corrected chi connectivity index (χ1v) is 8.56. The first-order valence-electron chi connectivity index (χ1n) is 8.56. The van der Waals surface area contributed by atoms with Crippen molar-refractivity contribution in [3.8, 4) is 0 Å². The zero-order valence-corrected chi connectivity index (χ0v) is 13.8. The van der Waals surface area contributed by atoms with Crippen molar-refractivity contribution < 1.29 is 9.90 Å².